The van der Waals surface area contributed by atoms with Crippen LogP contribution < -0.4 is 4.72 Å². The van der Waals surface area contributed by atoms with Gasteiger partial charge in [-0.15, -0.1) is 0 Å². The second-order valence-electron chi connectivity index (χ2n) is 6.04. The normalized spacial score (nSPS) is 17.8. The molecule has 0 bridgehead atoms. The van der Waals surface area contributed by atoms with Crippen molar-refractivity contribution < 1.29 is 18.1 Å². The molecule has 0 radical (unpaired) electrons. The van der Waals surface area contributed by atoms with Crippen LogP contribution in [0.15, 0.2) is 29.2 Å². The van der Waals surface area contributed by atoms with Crippen LogP contribution in [0.2, 0.25) is 0 Å². The van der Waals surface area contributed by atoms with E-state index in [0.29, 0.717) is 13.2 Å². The number of morpholine rings is 1. The summed E-state index contributed by atoms with van der Waals surface area (Å²) in [4.78, 5) is 12.3. The number of ether oxygens (including phenoxy) is 1. The topological polar surface area (TPSA) is 102 Å². The first-order valence-electron chi connectivity index (χ1n) is 7.88. The molecular weight excluding hydrogens is 334 g/mol. The number of hydrogen-bond donors (Lipinski definition) is 1. The van der Waals surface area contributed by atoms with E-state index in [1.807, 2.05) is 13.8 Å². The van der Waals surface area contributed by atoms with Crippen LogP contribution in [-0.2, 0) is 14.8 Å². The lowest BCUT2D eigenvalue weighted by Crippen LogP contribution is -2.51. The first-order chi connectivity index (χ1) is 11.3. The summed E-state index contributed by atoms with van der Waals surface area (Å²) in [5.41, 5.74) is -0.419. The first kappa shape index (κ1) is 18.8. The first-order valence-corrected chi connectivity index (χ1v) is 9.36. The van der Waals surface area contributed by atoms with Gasteiger partial charge in [0.2, 0.25) is 10.0 Å². The highest BCUT2D eigenvalue weighted by Crippen LogP contribution is 2.23. The van der Waals surface area contributed by atoms with Crippen LogP contribution in [0, 0.1) is 16.0 Å². The van der Waals surface area contributed by atoms with Crippen LogP contribution in [0.25, 0.3) is 0 Å². The zero-order chi connectivity index (χ0) is 17.7. The Morgan fingerprint density at radius 1 is 1.29 bits per heavy atom. The number of rotatable bonds is 7. The number of nitro benzene ring substituents is 1. The van der Waals surface area contributed by atoms with Gasteiger partial charge in [-0.05, 0) is 12.0 Å². The number of hydrogen-bond acceptors (Lipinski definition) is 6. The molecule has 8 nitrogen and oxygen atoms in total. The van der Waals surface area contributed by atoms with Crippen molar-refractivity contribution in [2.45, 2.75) is 24.8 Å². The molecule has 2 rings (SSSR count). The molecular formula is C15H23N3O5S. The Morgan fingerprint density at radius 3 is 2.50 bits per heavy atom. The number of benzene rings is 1. The summed E-state index contributed by atoms with van der Waals surface area (Å²) in [7, 11) is -3.95. The highest BCUT2D eigenvalue weighted by molar-refractivity contribution is 7.89. The number of nitrogens with zero attached hydrogens (tertiary/aromatic N) is 2. The Hall–Kier alpha value is -1.55. The Labute approximate surface area is 142 Å². The molecule has 0 spiro atoms. The largest absolute Gasteiger partial charge is 0.379 e. The Balaban J connectivity index is 2.15. The molecule has 1 aromatic carbocycles. The molecule has 1 aromatic rings. The Morgan fingerprint density at radius 2 is 1.92 bits per heavy atom. The molecule has 1 saturated heterocycles. The molecule has 0 amide bonds. The van der Waals surface area contributed by atoms with Gasteiger partial charge in [-0.1, -0.05) is 26.0 Å². The predicted molar refractivity (Wildman–Crippen MR) is 89.3 cm³/mol. The molecule has 0 aromatic heterocycles. The average molecular weight is 357 g/mol. The molecule has 24 heavy (non-hydrogen) atoms. The van der Waals surface area contributed by atoms with E-state index in [0.717, 1.165) is 13.1 Å². The van der Waals surface area contributed by atoms with Gasteiger partial charge in [-0.25, -0.2) is 13.1 Å². The molecule has 1 aliphatic rings. The van der Waals surface area contributed by atoms with Crippen LogP contribution in [-0.4, -0.2) is 57.1 Å². The summed E-state index contributed by atoms with van der Waals surface area (Å²) < 4.78 is 32.9. The summed E-state index contributed by atoms with van der Waals surface area (Å²) in [6, 6.07) is 5.37. The van der Waals surface area contributed by atoms with Gasteiger partial charge in [0, 0.05) is 31.7 Å². The predicted octanol–water partition coefficient (Wildman–Crippen LogP) is 1.23. The molecule has 0 unspecified atom stereocenters. The number of sulfonamides is 1. The second-order valence-corrected chi connectivity index (χ2v) is 7.77. The Kier molecular flexibility index (Phi) is 6.27. The molecule has 1 fully saturated rings. The molecule has 1 N–H and O–H groups in total. The van der Waals surface area contributed by atoms with E-state index >= 15 is 0 Å². The van der Waals surface area contributed by atoms with Crippen LogP contribution in [0.5, 0.6) is 0 Å². The van der Waals surface area contributed by atoms with Gasteiger partial charge in [0.1, 0.15) is 0 Å². The second kappa shape index (κ2) is 8.02. The van der Waals surface area contributed by atoms with Crippen molar-refractivity contribution in [3.63, 3.8) is 0 Å². The lowest BCUT2D eigenvalue weighted by molar-refractivity contribution is -0.387. The summed E-state index contributed by atoms with van der Waals surface area (Å²) in [6.07, 6.45) is 0. The molecule has 1 aliphatic heterocycles. The maximum atomic E-state index is 12.5. The molecule has 1 heterocycles. The van der Waals surface area contributed by atoms with Gasteiger partial charge >= 0.3 is 0 Å². The highest BCUT2D eigenvalue weighted by Gasteiger charge is 2.29. The van der Waals surface area contributed by atoms with E-state index in [1.54, 1.807) is 0 Å². The lowest BCUT2D eigenvalue weighted by atomic mass is 10.0. The van der Waals surface area contributed by atoms with Crippen molar-refractivity contribution in [2.24, 2.45) is 5.92 Å². The van der Waals surface area contributed by atoms with Gasteiger partial charge in [0.25, 0.3) is 5.69 Å². The van der Waals surface area contributed by atoms with Crippen LogP contribution in [0.4, 0.5) is 5.69 Å². The lowest BCUT2D eigenvalue weighted by Gasteiger charge is -2.36. The fourth-order valence-electron chi connectivity index (χ4n) is 2.80. The quantitative estimate of drug-likeness (QED) is 0.582. The zero-order valence-electron chi connectivity index (χ0n) is 13.8. The monoisotopic (exact) mass is 357 g/mol. The van der Waals surface area contributed by atoms with E-state index in [2.05, 4.69) is 9.62 Å². The number of para-hydroxylation sites is 1. The third kappa shape index (κ3) is 4.50. The van der Waals surface area contributed by atoms with E-state index in [1.165, 1.54) is 24.3 Å². The summed E-state index contributed by atoms with van der Waals surface area (Å²) in [5.74, 6) is 0.233. The van der Waals surface area contributed by atoms with E-state index in [-0.39, 0.29) is 23.4 Å². The van der Waals surface area contributed by atoms with Crippen molar-refractivity contribution >= 4 is 15.7 Å². The van der Waals surface area contributed by atoms with Crippen molar-refractivity contribution in [3.05, 3.63) is 34.4 Å². The third-order valence-corrected chi connectivity index (χ3v) is 5.59. The van der Waals surface area contributed by atoms with Crippen LogP contribution >= 0.6 is 0 Å². The maximum absolute atomic E-state index is 12.5. The molecule has 1 atom stereocenters. The van der Waals surface area contributed by atoms with E-state index in [4.69, 9.17) is 4.74 Å². The van der Waals surface area contributed by atoms with Crippen molar-refractivity contribution in [1.29, 1.82) is 0 Å². The van der Waals surface area contributed by atoms with Gasteiger partial charge < -0.3 is 4.74 Å². The molecule has 0 saturated carbocycles. The van der Waals surface area contributed by atoms with Crippen molar-refractivity contribution in [2.75, 3.05) is 32.8 Å². The smallest absolute Gasteiger partial charge is 0.289 e. The minimum atomic E-state index is -3.95. The molecule has 9 heteroatoms. The van der Waals surface area contributed by atoms with Crippen LogP contribution in [0.1, 0.15) is 13.8 Å². The van der Waals surface area contributed by atoms with Gasteiger partial charge in [0.05, 0.1) is 18.1 Å². The molecule has 134 valence electrons. The zero-order valence-corrected chi connectivity index (χ0v) is 14.7. The standard InChI is InChI=1S/C15H23N3O5S/c1-12(2)14(17-7-9-23-10-8-17)11-16-24(21,22)15-6-4-3-5-13(15)18(19)20/h3-6,12,14,16H,7-11H2,1-2H3/t14-/m1/s1. The summed E-state index contributed by atoms with van der Waals surface area (Å²) in [5, 5.41) is 11.1. The van der Waals surface area contributed by atoms with Crippen LogP contribution in [0.3, 0.4) is 0 Å². The van der Waals surface area contributed by atoms with Gasteiger partial charge in [-0.2, -0.15) is 0 Å². The SMILES string of the molecule is CC(C)[C@@H](CNS(=O)(=O)c1ccccc1[N+](=O)[O-])N1CCOCC1. The minimum absolute atomic E-state index is 0.00597. The Bertz CT molecular complexity index is 671. The maximum Gasteiger partial charge on any atom is 0.289 e. The van der Waals surface area contributed by atoms with Crippen molar-refractivity contribution in [1.82, 2.24) is 9.62 Å². The fraction of sp³-hybridized carbons (Fsp3) is 0.600. The summed E-state index contributed by atoms with van der Waals surface area (Å²) in [6.45, 7) is 7.00. The average Bonchev–Trinajstić information content (AvgIpc) is 2.55. The van der Waals surface area contributed by atoms with Gasteiger partial charge in [-0.3, -0.25) is 15.0 Å². The minimum Gasteiger partial charge on any atom is -0.379 e. The highest BCUT2D eigenvalue weighted by atomic mass is 32.2. The third-order valence-electron chi connectivity index (χ3n) is 4.12. The number of nitro groups is 1. The van der Waals surface area contributed by atoms with E-state index < -0.39 is 20.6 Å². The van der Waals surface area contributed by atoms with Crippen molar-refractivity contribution in [3.8, 4) is 0 Å². The molecule has 0 aliphatic carbocycles. The fourth-order valence-corrected chi connectivity index (χ4v) is 4.02. The van der Waals surface area contributed by atoms with E-state index in [9.17, 15) is 18.5 Å². The number of nitrogens with one attached hydrogen (secondary N) is 1. The van der Waals surface area contributed by atoms with Gasteiger partial charge in [0.15, 0.2) is 4.90 Å². The summed E-state index contributed by atoms with van der Waals surface area (Å²) >= 11 is 0.